The summed E-state index contributed by atoms with van der Waals surface area (Å²) in [4.78, 5) is 1.14. The van der Waals surface area contributed by atoms with E-state index in [-0.39, 0.29) is 5.60 Å². The molecule has 0 amide bonds. The molecule has 0 aliphatic carbocycles. The van der Waals surface area contributed by atoms with Crippen molar-refractivity contribution in [2.75, 3.05) is 14.2 Å². The molecule has 3 heteroatoms. The van der Waals surface area contributed by atoms with Crippen LogP contribution < -0.4 is 4.74 Å². The minimum absolute atomic E-state index is 0.297. The summed E-state index contributed by atoms with van der Waals surface area (Å²) < 4.78 is 11.0. The van der Waals surface area contributed by atoms with E-state index in [1.807, 2.05) is 12.1 Å². The molecule has 112 valence electrons. The van der Waals surface area contributed by atoms with Crippen molar-refractivity contribution in [1.29, 1.82) is 0 Å². The number of methoxy groups -OCH3 is 2. The van der Waals surface area contributed by atoms with E-state index >= 15 is 0 Å². The van der Waals surface area contributed by atoms with Gasteiger partial charge in [0.25, 0.3) is 0 Å². The molecule has 0 saturated heterocycles. The second kappa shape index (κ2) is 7.01. The molecule has 2 rings (SSSR count). The maximum atomic E-state index is 5.56. The standard InChI is InChI=1S/C18H22O2S/c1-18(2,20-4)15-10-11-16(19-3)17(12-15)21-13-14-8-6-5-7-9-14/h5-12H,13H2,1-4H3. The summed E-state index contributed by atoms with van der Waals surface area (Å²) in [6, 6.07) is 16.7. The molecular formula is C18H22O2S. The zero-order chi connectivity index (χ0) is 15.3. The molecule has 0 unspecified atom stereocenters. The topological polar surface area (TPSA) is 18.5 Å². The quantitative estimate of drug-likeness (QED) is 0.709. The number of ether oxygens (including phenoxy) is 2. The first-order valence-electron chi connectivity index (χ1n) is 6.97. The highest BCUT2D eigenvalue weighted by Crippen LogP contribution is 2.36. The molecule has 0 bridgehead atoms. The number of benzene rings is 2. The summed E-state index contributed by atoms with van der Waals surface area (Å²) in [6.07, 6.45) is 0. The van der Waals surface area contributed by atoms with Gasteiger partial charge >= 0.3 is 0 Å². The van der Waals surface area contributed by atoms with Gasteiger partial charge in [0.2, 0.25) is 0 Å². The van der Waals surface area contributed by atoms with Crippen molar-refractivity contribution < 1.29 is 9.47 Å². The Morgan fingerprint density at radius 2 is 1.71 bits per heavy atom. The van der Waals surface area contributed by atoms with Crippen LogP contribution in [0.4, 0.5) is 0 Å². The summed E-state index contributed by atoms with van der Waals surface area (Å²) in [5.74, 6) is 1.83. The molecule has 2 aromatic rings. The zero-order valence-electron chi connectivity index (χ0n) is 13.1. The number of hydrogen-bond donors (Lipinski definition) is 0. The summed E-state index contributed by atoms with van der Waals surface area (Å²) in [5.41, 5.74) is 2.16. The van der Waals surface area contributed by atoms with E-state index in [9.17, 15) is 0 Å². The van der Waals surface area contributed by atoms with Crippen LogP contribution in [0.5, 0.6) is 5.75 Å². The van der Waals surface area contributed by atoms with Gasteiger partial charge in [-0.05, 0) is 37.1 Å². The average Bonchev–Trinajstić information content (AvgIpc) is 2.53. The van der Waals surface area contributed by atoms with Crippen molar-refractivity contribution in [3.63, 3.8) is 0 Å². The Kier molecular flexibility index (Phi) is 5.32. The molecule has 21 heavy (non-hydrogen) atoms. The third-order valence-electron chi connectivity index (χ3n) is 3.61. The fraction of sp³-hybridized carbons (Fsp3) is 0.333. The molecule has 0 radical (unpaired) electrons. The molecule has 0 aromatic heterocycles. The Morgan fingerprint density at radius 3 is 2.33 bits per heavy atom. The molecular weight excluding hydrogens is 280 g/mol. The van der Waals surface area contributed by atoms with Gasteiger partial charge in [-0.25, -0.2) is 0 Å². The van der Waals surface area contributed by atoms with E-state index in [0.717, 1.165) is 22.0 Å². The van der Waals surface area contributed by atoms with Gasteiger partial charge in [-0.15, -0.1) is 11.8 Å². The first-order valence-corrected chi connectivity index (χ1v) is 7.96. The maximum Gasteiger partial charge on any atom is 0.132 e. The van der Waals surface area contributed by atoms with Crippen LogP contribution in [-0.4, -0.2) is 14.2 Å². The van der Waals surface area contributed by atoms with Crippen molar-refractivity contribution >= 4 is 11.8 Å². The average molecular weight is 302 g/mol. The molecule has 0 heterocycles. The fourth-order valence-electron chi connectivity index (χ4n) is 2.02. The zero-order valence-corrected chi connectivity index (χ0v) is 13.9. The fourth-order valence-corrected chi connectivity index (χ4v) is 3.04. The van der Waals surface area contributed by atoms with Crippen molar-refractivity contribution in [2.24, 2.45) is 0 Å². The van der Waals surface area contributed by atoms with Crippen molar-refractivity contribution in [3.8, 4) is 5.75 Å². The van der Waals surface area contributed by atoms with E-state index in [4.69, 9.17) is 9.47 Å². The van der Waals surface area contributed by atoms with Crippen LogP contribution in [0.1, 0.15) is 25.0 Å². The van der Waals surface area contributed by atoms with E-state index < -0.39 is 0 Å². The molecule has 0 spiro atoms. The van der Waals surface area contributed by atoms with E-state index in [1.165, 1.54) is 5.56 Å². The van der Waals surface area contributed by atoms with Crippen LogP contribution in [0.3, 0.4) is 0 Å². The van der Waals surface area contributed by atoms with Gasteiger partial charge in [0.15, 0.2) is 0 Å². The number of rotatable bonds is 6. The Bertz CT molecular complexity index is 579. The Labute approximate surface area is 131 Å². The van der Waals surface area contributed by atoms with Gasteiger partial charge in [0.05, 0.1) is 17.6 Å². The molecule has 0 fully saturated rings. The first-order chi connectivity index (χ1) is 10.1. The van der Waals surface area contributed by atoms with Gasteiger partial charge in [-0.1, -0.05) is 36.4 Å². The Hall–Kier alpha value is -1.45. The van der Waals surface area contributed by atoms with Gasteiger partial charge in [-0.2, -0.15) is 0 Å². The molecule has 2 nitrogen and oxygen atoms in total. The van der Waals surface area contributed by atoms with E-state index in [0.29, 0.717) is 0 Å². The second-order valence-electron chi connectivity index (χ2n) is 5.35. The highest BCUT2D eigenvalue weighted by molar-refractivity contribution is 7.98. The lowest BCUT2D eigenvalue weighted by molar-refractivity contribution is 0.0190. The summed E-state index contributed by atoms with van der Waals surface area (Å²) in [5, 5.41) is 0. The number of hydrogen-bond acceptors (Lipinski definition) is 3. The molecule has 0 aliphatic rings. The minimum Gasteiger partial charge on any atom is -0.496 e. The highest BCUT2D eigenvalue weighted by atomic mass is 32.2. The monoisotopic (exact) mass is 302 g/mol. The van der Waals surface area contributed by atoms with Crippen LogP contribution in [0.15, 0.2) is 53.4 Å². The van der Waals surface area contributed by atoms with Crippen LogP contribution in [0.2, 0.25) is 0 Å². The van der Waals surface area contributed by atoms with Crippen molar-refractivity contribution in [2.45, 2.75) is 30.1 Å². The molecule has 2 aromatic carbocycles. The van der Waals surface area contributed by atoms with Crippen molar-refractivity contribution in [3.05, 3.63) is 59.7 Å². The second-order valence-corrected chi connectivity index (χ2v) is 6.37. The van der Waals surface area contributed by atoms with Crippen LogP contribution in [0.25, 0.3) is 0 Å². The third kappa shape index (κ3) is 4.02. The molecule has 0 atom stereocenters. The molecule has 0 aliphatic heterocycles. The highest BCUT2D eigenvalue weighted by Gasteiger charge is 2.20. The van der Waals surface area contributed by atoms with E-state index in [2.05, 4.69) is 50.2 Å². The third-order valence-corrected chi connectivity index (χ3v) is 4.71. The Balaban J connectivity index is 2.22. The SMILES string of the molecule is COc1ccc(C(C)(C)OC)cc1SCc1ccccc1. The lowest BCUT2D eigenvalue weighted by atomic mass is 9.98. The summed E-state index contributed by atoms with van der Waals surface area (Å²) in [6.45, 7) is 4.14. The first kappa shape index (κ1) is 15.9. The van der Waals surface area contributed by atoms with Gasteiger partial charge in [0, 0.05) is 12.9 Å². The lowest BCUT2D eigenvalue weighted by Crippen LogP contribution is -2.19. The summed E-state index contributed by atoms with van der Waals surface area (Å²) in [7, 11) is 3.45. The molecule has 0 N–H and O–H groups in total. The van der Waals surface area contributed by atoms with Crippen molar-refractivity contribution in [1.82, 2.24) is 0 Å². The molecule has 0 saturated carbocycles. The number of thioether (sulfide) groups is 1. The van der Waals surface area contributed by atoms with E-state index in [1.54, 1.807) is 26.0 Å². The van der Waals surface area contributed by atoms with Crippen LogP contribution in [-0.2, 0) is 16.1 Å². The van der Waals surface area contributed by atoms with Gasteiger partial charge in [-0.3, -0.25) is 0 Å². The minimum atomic E-state index is -0.297. The van der Waals surface area contributed by atoms with Gasteiger partial charge < -0.3 is 9.47 Å². The maximum absolute atomic E-state index is 5.56. The Morgan fingerprint density at radius 1 is 1.00 bits per heavy atom. The normalized spacial score (nSPS) is 11.4. The predicted molar refractivity (Wildman–Crippen MR) is 89.0 cm³/mol. The van der Waals surface area contributed by atoms with Crippen LogP contribution in [0, 0.1) is 0 Å². The van der Waals surface area contributed by atoms with Crippen LogP contribution >= 0.6 is 11.8 Å². The smallest absolute Gasteiger partial charge is 0.132 e. The predicted octanol–water partition coefficient (Wildman–Crippen LogP) is 4.87. The van der Waals surface area contributed by atoms with Gasteiger partial charge in [0.1, 0.15) is 5.75 Å². The lowest BCUT2D eigenvalue weighted by Gasteiger charge is -2.24. The summed E-state index contributed by atoms with van der Waals surface area (Å²) >= 11 is 1.78. The largest absolute Gasteiger partial charge is 0.496 e.